The van der Waals surface area contributed by atoms with Crippen LogP contribution in [0.1, 0.15) is 0 Å². The first kappa shape index (κ1) is 12.8. The lowest BCUT2D eigenvalue weighted by Crippen LogP contribution is -2.45. The molecule has 0 spiro atoms. The number of nitrogens with one attached hydrogen (secondary N) is 1. The van der Waals surface area contributed by atoms with E-state index in [1.54, 1.807) is 21.3 Å². The van der Waals surface area contributed by atoms with Gasteiger partial charge in [0.15, 0.2) is 0 Å². The molecule has 13 heavy (non-hydrogen) atoms. The predicted octanol–water partition coefficient (Wildman–Crippen LogP) is 0.640. The molecule has 0 aliphatic heterocycles. The van der Waals surface area contributed by atoms with Gasteiger partial charge in [0, 0.05) is 33.9 Å². The minimum absolute atomic E-state index is 0.768. The Labute approximate surface area is 81.2 Å². The molecule has 0 atom stereocenters. The quantitative estimate of drug-likeness (QED) is 0.359. The van der Waals surface area contributed by atoms with Crippen molar-refractivity contribution >= 4 is 8.80 Å². The van der Waals surface area contributed by atoms with E-state index in [0.29, 0.717) is 0 Å². The van der Waals surface area contributed by atoms with Crippen molar-refractivity contribution in [3.05, 3.63) is 12.7 Å². The molecule has 0 radical (unpaired) electrons. The molecule has 1 N–H and O–H groups in total. The first-order valence-electron chi connectivity index (χ1n) is 4.21. The summed E-state index contributed by atoms with van der Waals surface area (Å²) in [7, 11) is 2.49. The van der Waals surface area contributed by atoms with E-state index < -0.39 is 8.80 Å². The molecule has 0 heterocycles. The number of rotatable bonds is 8. The maximum atomic E-state index is 5.25. The van der Waals surface area contributed by atoms with E-state index in [1.807, 2.05) is 6.08 Å². The fraction of sp³-hybridized carbons (Fsp3) is 0.750. The second kappa shape index (κ2) is 7.22. The zero-order valence-corrected chi connectivity index (χ0v) is 9.63. The van der Waals surface area contributed by atoms with Gasteiger partial charge in [0.1, 0.15) is 0 Å². The standard InChI is InChI=1S/C8H19NO3Si/c1-5-6-9-7-8-13(10-2,11-3)12-4/h5,9H,1,6-8H2,2-4H3. The average molecular weight is 205 g/mol. The van der Waals surface area contributed by atoms with Crippen molar-refractivity contribution in [1.29, 1.82) is 0 Å². The van der Waals surface area contributed by atoms with Gasteiger partial charge in [0.2, 0.25) is 0 Å². The van der Waals surface area contributed by atoms with Crippen molar-refractivity contribution in [3.8, 4) is 0 Å². The van der Waals surface area contributed by atoms with Gasteiger partial charge < -0.3 is 18.6 Å². The zero-order valence-electron chi connectivity index (χ0n) is 8.63. The van der Waals surface area contributed by atoms with E-state index in [-0.39, 0.29) is 0 Å². The zero-order chi connectivity index (χ0) is 10.2. The highest BCUT2D eigenvalue weighted by molar-refractivity contribution is 6.60. The summed E-state index contributed by atoms with van der Waals surface area (Å²) in [6.07, 6.45) is 1.82. The molecule has 0 saturated heterocycles. The molecule has 0 aromatic carbocycles. The van der Waals surface area contributed by atoms with Crippen LogP contribution >= 0.6 is 0 Å². The summed E-state index contributed by atoms with van der Waals surface area (Å²) >= 11 is 0. The smallest absolute Gasteiger partial charge is 0.377 e. The molecule has 4 nitrogen and oxygen atoms in total. The molecule has 78 valence electrons. The third-order valence-corrected chi connectivity index (χ3v) is 4.56. The SMILES string of the molecule is C=CCNCC[Si](OC)(OC)OC. The molecule has 0 aliphatic rings. The third kappa shape index (κ3) is 4.54. The van der Waals surface area contributed by atoms with Crippen LogP contribution < -0.4 is 5.32 Å². The predicted molar refractivity (Wildman–Crippen MR) is 54.7 cm³/mol. The molecular formula is C8H19NO3Si. The van der Waals surface area contributed by atoms with Crippen LogP contribution in [-0.2, 0) is 13.3 Å². The fourth-order valence-electron chi connectivity index (χ4n) is 1.00. The van der Waals surface area contributed by atoms with Gasteiger partial charge in [-0.1, -0.05) is 6.08 Å². The second-order valence-electron chi connectivity index (χ2n) is 2.54. The first-order chi connectivity index (χ1) is 6.24. The topological polar surface area (TPSA) is 39.7 Å². The van der Waals surface area contributed by atoms with Crippen molar-refractivity contribution in [2.45, 2.75) is 6.04 Å². The Morgan fingerprint density at radius 2 is 1.77 bits per heavy atom. The summed E-state index contributed by atoms with van der Waals surface area (Å²) in [5, 5.41) is 3.17. The normalized spacial score (nSPS) is 11.6. The molecule has 0 amide bonds. The van der Waals surface area contributed by atoms with Crippen LogP contribution in [0.15, 0.2) is 12.7 Å². The lowest BCUT2D eigenvalue weighted by molar-refractivity contribution is 0.123. The molecular weight excluding hydrogens is 186 g/mol. The molecule has 0 aliphatic carbocycles. The maximum absolute atomic E-state index is 5.25. The van der Waals surface area contributed by atoms with Gasteiger partial charge in [-0.15, -0.1) is 6.58 Å². The van der Waals surface area contributed by atoms with E-state index in [1.165, 1.54) is 0 Å². The Morgan fingerprint density at radius 3 is 2.15 bits per heavy atom. The summed E-state index contributed by atoms with van der Waals surface area (Å²) in [6, 6.07) is 0.768. The van der Waals surface area contributed by atoms with Crippen molar-refractivity contribution in [1.82, 2.24) is 5.32 Å². The summed E-state index contributed by atoms with van der Waals surface area (Å²) in [5.74, 6) is 0. The van der Waals surface area contributed by atoms with Crippen molar-refractivity contribution in [2.24, 2.45) is 0 Å². The molecule has 0 saturated carbocycles. The minimum Gasteiger partial charge on any atom is -0.377 e. The van der Waals surface area contributed by atoms with Crippen molar-refractivity contribution in [3.63, 3.8) is 0 Å². The Kier molecular flexibility index (Phi) is 7.11. The maximum Gasteiger partial charge on any atom is 0.501 e. The summed E-state index contributed by atoms with van der Waals surface area (Å²) < 4.78 is 15.7. The second-order valence-corrected chi connectivity index (χ2v) is 5.63. The molecule has 0 fully saturated rings. The van der Waals surface area contributed by atoms with Gasteiger partial charge in [-0.25, -0.2) is 0 Å². The van der Waals surface area contributed by atoms with Crippen molar-refractivity contribution in [2.75, 3.05) is 34.4 Å². The van der Waals surface area contributed by atoms with E-state index >= 15 is 0 Å². The van der Waals surface area contributed by atoms with Crippen molar-refractivity contribution < 1.29 is 13.3 Å². The fourth-order valence-corrected chi connectivity index (χ4v) is 2.60. The van der Waals surface area contributed by atoms with Gasteiger partial charge in [-0.05, 0) is 6.54 Å². The Bertz CT molecular complexity index is 131. The monoisotopic (exact) mass is 205 g/mol. The first-order valence-corrected chi connectivity index (χ1v) is 6.15. The van der Waals surface area contributed by atoms with E-state index in [4.69, 9.17) is 13.3 Å². The van der Waals surface area contributed by atoms with E-state index in [0.717, 1.165) is 19.1 Å². The molecule has 5 heteroatoms. The molecule has 0 bridgehead atoms. The van der Waals surface area contributed by atoms with Gasteiger partial charge in [0.05, 0.1) is 0 Å². The lowest BCUT2D eigenvalue weighted by Gasteiger charge is -2.24. The highest BCUT2D eigenvalue weighted by Gasteiger charge is 2.36. The largest absolute Gasteiger partial charge is 0.501 e. The van der Waals surface area contributed by atoms with E-state index in [9.17, 15) is 0 Å². The number of hydrogen-bond acceptors (Lipinski definition) is 4. The van der Waals surface area contributed by atoms with Gasteiger partial charge in [0.25, 0.3) is 0 Å². The Balaban J connectivity index is 3.74. The Hall–Kier alpha value is -0.203. The van der Waals surface area contributed by atoms with E-state index in [2.05, 4.69) is 11.9 Å². The molecule has 0 rings (SSSR count). The van der Waals surface area contributed by atoms with Gasteiger partial charge in [-0.3, -0.25) is 0 Å². The van der Waals surface area contributed by atoms with Crippen LogP contribution in [0.4, 0.5) is 0 Å². The average Bonchev–Trinajstić information content (AvgIpc) is 2.20. The van der Waals surface area contributed by atoms with Crippen LogP contribution in [0, 0.1) is 0 Å². The minimum atomic E-state index is -2.36. The highest BCUT2D eigenvalue weighted by Crippen LogP contribution is 2.10. The van der Waals surface area contributed by atoms with Crippen LogP contribution in [0.3, 0.4) is 0 Å². The lowest BCUT2D eigenvalue weighted by atomic mass is 10.6. The van der Waals surface area contributed by atoms with Gasteiger partial charge >= 0.3 is 8.80 Å². The van der Waals surface area contributed by atoms with Crippen LogP contribution in [-0.4, -0.2) is 43.2 Å². The Morgan fingerprint density at radius 1 is 1.23 bits per heavy atom. The number of hydrogen-bond donors (Lipinski definition) is 1. The van der Waals surface area contributed by atoms with Crippen LogP contribution in [0.5, 0.6) is 0 Å². The molecule has 0 unspecified atom stereocenters. The van der Waals surface area contributed by atoms with Crippen LogP contribution in [0.2, 0.25) is 6.04 Å². The van der Waals surface area contributed by atoms with Gasteiger partial charge in [-0.2, -0.15) is 0 Å². The molecule has 0 aromatic rings. The summed E-state index contributed by atoms with van der Waals surface area (Å²) in [4.78, 5) is 0. The third-order valence-electron chi connectivity index (χ3n) is 1.83. The summed E-state index contributed by atoms with van der Waals surface area (Å²) in [5.41, 5.74) is 0. The van der Waals surface area contributed by atoms with Crippen LogP contribution in [0.25, 0.3) is 0 Å². The highest BCUT2D eigenvalue weighted by atomic mass is 28.4. The molecule has 0 aromatic heterocycles. The summed E-state index contributed by atoms with van der Waals surface area (Å²) in [6.45, 7) is 5.22.